The van der Waals surface area contributed by atoms with Crippen LogP contribution >= 0.6 is 0 Å². The zero-order valence-electron chi connectivity index (χ0n) is 16.6. The Hall–Kier alpha value is -3.51. The van der Waals surface area contributed by atoms with Gasteiger partial charge in [-0.15, -0.1) is 0 Å². The maximum Gasteiger partial charge on any atom is 0.229 e. The largest absolute Gasteiger partial charge is 0.369 e. The highest BCUT2D eigenvalue weighted by Gasteiger charge is 2.09. The molecule has 29 heavy (non-hydrogen) atoms. The number of anilines is 3. The first-order chi connectivity index (χ1) is 14.2. The summed E-state index contributed by atoms with van der Waals surface area (Å²) >= 11 is 0. The Morgan fingerprint density at radius 2 is 1.72 bits per heavy atom. The van der Waals surface area contributed by atoms with Crippen molar-refractivity contribution in [3.63, 3.8) is 0 Å². The second kappa shape index (κ2) is 8.67. The van der Waals surface area contributed by atoms with E-state index in [-0.39, 0.29) is 0 Å². The molecule has 4 rings (SSSR count). The molecule has 6 heteroatoms. The number of aromatic nitrogens is 3. The molecule has 6 nitrogen and oxygen atoms in total. The van der Waals surface area contributed by atoms with Crippen molar-refractivity contribution in [2.45, 2.75) is 0 Å². The van der Waals surface area contributed by atoms with Crippen LogP contribution in [-0.4, -0.2) is 47.0 Å². The highest BCUT2D eigenvalue weighted by atomic mass is 15.2. The second-order valence-corrected chi connectivity index (χ2v) is 7.06. The van der Waals surface area contributed by atoms with Crippen LogP contribution in [0.3, 0.4) is 0 Å². The summed E-state index contributed by atoms with van der Waals surface area (Å²) in [6.45, 7) is 1.72. The molecule has 0 aliphatic carbocycles. The van der Waals surface area contributed by atoms with Gasteiger partial charge in [-0.2, -0.15) is 4.98 Å². The molecule has 0 atom stereocenters. The van der Waals surface area contributed by atoms with E-state index < -0.39 is 0 Å². The lowest BCUT2D eigenvalue weighted by molar-refractivity contribution is 0.425. The molecular weight excluding hydrogens is 360 g/mol. The van der Waals surface area contributed by atoms with Crippen molar-refractivity contribution in [3.8, 4) is 11.3 Å². The minimum Gasteiger partial charge on any atom is -0.369 e. The van der Waals surface area contributed by atoms with Crippen LogP contribution in [0.1, 0.15) is 0 Å². The molecule has 0 unspecified atom stereocenters. The lowest BCUT2D eigenvalue weighted by atomic mass is 10.1. The topological polar surface area (TPSA) is 66.0 Å². The van der Waals surface area contributed by atoms with Gasteiger partial charge >= 0.3 is 0 Å². The van der Waals surface area contributed by atoms with Crippen molar-refractivity contribution in [1.82, 2.24) is 19.9 Å². The molecule has 2 aromatic heterocycles. The molecule has 2 heterocycles. The van der Waals surface area contributed by atoms with E-state index in [2.05, 4.69) is 51.7 Å². The zero-order valence-corrected chi connectivity index (χ0v) is 16.6. The third-order valence-electron chi connectivity index (χ3n) is 4.54. The molecule has 4 aromatic rings. The van der Waals surface area contributed by atoms with Crippen LogP contribution in [-0.2, 0) is 0 Å². The zero-order chi connectivity index (χ0) is 20.1. The van der Waals surface area contributed by atoms with Crippen LogP contribution < -0.4 is 10.6 Å². The maximum atomic E-state index is 4.75. The highest BCUT2D eigenvalue weighted by molar-refractivity contribution is 5.91. The van der Waals surface area contributed by atoms with Gasteiger partial charge in [0.1, 0.15) is 5.82 Å². The monoisotopic (exact) mass is 384 g/mol. The van der Waals surface area contributed by atoms with Crippen molar-refractivity contribution in [2.24, 2.45) is 0 Å². The first-order valence-electron chi connectivity index (χ1n) is 9.63. The Kier molecular flexibility index (Phi) is 5.63. The number of nitrogens with one attached hydrogen (secondary N) is 2. The lowest BCUT2D eigenvalue weighted by Gasteiger charge is -2.14. The van der Waals surface area contributed by atoms with Crippen molar-refractivity contribution < 1.29 is 0 Å². The minimum absolute atomic E-state index is 0.539. The summed E-state index contributed by atoms with van der Waals surface area (Å²) in [7, 11) is 4.11. The van der Waals surface area contributed by atoms with Crippen molar-refractivity contribution >= 4 is 28.4 Å². The number of benzene rings is 2. The van der Waals surface area contributed by atoms with E-state index in [1.165, 1.54) is 0 Å². The molecule has 0 aliphatic heterocycles. The summed E-state index contributed by atoms with van der Waals surface area (Å²) in [6.07, 6.45) is 1.79. The number of hydrogen-bond acceptors (Lipinski definition) is 6. The summed E-state index contributed by atoms with van der Waals surface area (Å²) in [6, 6.07) is 22.1. The third-order valence-corrected chi connectivity index (χ3v) is 4.54. The first-order valence-corrected chi connectivity index (χ1v) is 9.63. The Morgan fingerprint density at radius 1 is 0.897 bits per heavy atom. The van der Waals surface area contributed by atoms with Crippen LogP contribution in [0, 0.1) is 0 Å². The van der Waals surface area contributed by atoms with Gasteiger partial charge in [0.05, 0.1) is 16.9 Å². The van der Waals surface area contributed by atoms with E-state index in [1.807, 2.05) is 54.6 Å². The van der Waals surface area contributed by atoms with Gasteiger partial charge in [-0.3, -0.25) is 4.98 Å². The van der Waals surface area contributed by atoms with Gasteiger partial charge in [-0.1, -0.05) is 48.5 Å². The van der Waals surface area contributed by atoms with Crippen molar-refractivity contribution in [2.75, 3.05) is 37.8 Å². The first kappa shape index (κ1) is 18.8. The van der Waals surface area contributed by atoms with E-state index >= 15 is 0 Å². The van der Waals surface area contributed by atoms with E-state index in [4.69, 9.17) is 4.98 Å². The predicted molar refractivity (Wildman–Crippen MR) is 120 cm³/mol. The van der Waals surface area contributed by atoms with E-state index in [9.17, 15) is 0 Å². The average Bonchev–Trinajstić information content (AvgIpc) is 2.74. The fourth-order valence-corrected chi connectivity index (χ4v) is 3.08. The Labute approximate surface area is 170 Å². The summed E-state index contributed by atoms with van der Waals surface area (Å²) in [5, 5.41) is 7.83. The summed E-state index contributed by atoms with van der Waals surface area (Å²) in [5.41, 5.74) is 3.69. The van der Waals surface area contributed by atoms with Gasteiger partial charge in [-0.25, -0.2) is 4.98 Å². The van der Waals surface area contributed by atoms with Gasteiger partial charge in [0, 0.05) is 36.3 Å². The van der Waals surface area contributed by atoms with Crippen LogP contribution in [0.25, 0.3) is 22.2 Å². The Bertz CT molecular complexity index is 1090. The number of hydrogen-bond donors (Lipinski definition) is 2. The van der Waals surface area contributed by atoms with Crippen LogP contribution in [0.2, 0.25) is 0 Å². The van der Waals surface area contributed by atoms with Crippen molar-refractivity contribution in [3.05, 3.63) is 72.9 Å². The third kappa shape index (κ3) is 4.67. The fourth-order valence-electron chi connectivity index (χ4n) is 3.08. The molecule has 0 bridgehead atoms. The van der Waals surface area contributed by atoms with Crippen LogP contribution in [0.4, 0.5) is 17.5 Å². The Morgan fingerprint density at radius 3 is 2.55 bits per heavy atom. The molecule has 0 radical (unpaired) electrons. The van der Waals surface area contributed by atoms with E-state index in [0.29, 0.717) is 5.95 Å². The van der Waals surface area contributed by atoms with Gasteiger partial charge < -0.3 is 15.5 Å². The molecule has 2 N–H and O–H groups in total. The summed E-state index contributed by atoms with van der Waals surface area (Å²) < 4.78 is 0. The van der Waals surface area contributed by atoms with Gasteiger partial charge in [0.15, 0.2) is 0 Å². The summed E-state index contributed by atoms with van der Waals surface area (Å²) in [4.78, 5) is 16.1. The van der Waals surface area contributed by atoms with Gasteiger partial charge in [-0.05, 0) is 26.2 Å². The van der Waals surface area contributed by atoms with Crippen LogP contribution in [0.5, 0.6) is 0 Å². The van der Waals surface area contributed by atoms with E-state index in [1.54, 1.807) is 6.20 Å². The molecule has 0 fully saturated rings. The molecular formula is C23H24N6. The quantitative estimate of drug-likeness (QED) is 0.492. The maximum absolute atomic E-state index is 4.75. The SMILES string of the molecule is CN(C)CCNc1cc(-c2ccccc2)nc(Nc2cccc3cccnc23)n1. The normalized spacial score (nSPS) is 11.0. The smallest absolute Gasteiger partial charge is 0.229 e. The second-order valence-electron chi connectivity index (χ2n) is 7.06. The number of pyridine rings is 1. The minimum atomic E-state index is 0.539. The number of nitrogens with zero attached hydrogens (tertiary/aromatic N) is 4. The Balaban J connectivity index is 1.69. The molecule has 0 amide bonds. The highest BCUT2D eigenvalue weighted by Crippen LogP contribution is 2.26. The van der Waals surface area contributed by atoms with E-state index in [0.717, 1.165) is 46.8 Å². The van der Waals surface area contributed by atoms with Crippen molar-refractivity contribution in [1.29, 1.82) is 0 Å². The fraction of sp³-hybridized carbons (Fsp3) is 0.174. The standard InChI is InChI=1S/C23H24N6/c1-29(2)15-14-24-21-16-20(17-8-4-3-5-9-17)27-23(28-21)26-19-12-6-10-18-11-7-13-25-22(18)19/h3-13,16H,14-15H2,1-2H3,(H2,24,26,27,28). The van der Waals surface area contributed by atoms with Gasteiger partial charge in [0.2, 0.25) is 5.95 Å². The van der Waals surface area contributed by atoms with Gasteiger partial charge in [0.25, 0.3) is 0 Å². The van der Waals surface area contributed by atoms with Crippen LogP contribution in [0.15, 0.2) is 72.9 Å². The number of rotatable bonds is 7. The molecule has 0 aliphatic rings. The summed E-state index contributed by atoms with van der Waals surface area (Å²) in [5.74, 6) is 1.33. The average molecular weight is 384 g/mol. The number of para-hydroxylation sites is 1. The molecule has 0 saturated heterocycles. The lowest BCUT2D eigenvalue weighted by Crippen LogP contribution is -2.21. The molecule has 0 spiro atoms. The molecule has 146 valence electrons. The molecule has 2 aromatic carbocycles. The number of likely N-dealkylation sites (N-methyl/N-ethyl adjacent to an activating group) is 1. The molecule has 0 saturated carbocycles. The number of fused-ring (bicyclic) bond motifs is 1. The predicted octanol–water partition coefficient (Wildman–Crippen LogP) is 4.41.